The molecule has 0 spiro atoms. The quantitative estimate of drug-likeness (QED) is 0.204. The number of benzene rings is 2. The molecule has 15 nitrogen and oxygen atoms in total. The first-order chi connectivity index (χ1) is 24.1. The zero-order valence-corrected chi connectivity index (χ0v) is 28.3. The molecule has 3 aliphatic rings. The molecule has 1 unspecified atom stereocenters. The van der Waals surface area contributed by atoms with Crippen LogP contribution in [-0.4, -0.2) is 110 Å². The molecule has 268 valence electrons. The van der Waals surface area contributed by atoms with Gasteiger partial charge in [-0.05, 0) is 50.1 Å². The Kier molecular flexibility index (Phi) is 12.5. The van der Waals surface area contributed by atoms with E-state index in [0.717, 1.165) is 5.56 Å². The number of amides is 3. The number of nitrogens with zero attached hydrogens (tertiary/aromatic N) is 4. The van der Waals surface area contributed by atoms with E-state index in [2.05, 4.69) is 31.6 Å². The molecular weight excluding hydrogens is 644 g/mol. The number of aryl methyl sites for hydroxylation is 1. The highest BCUT2D eigenvalue weighted by Gasteiger charge is 2.40. The number of aliphatic hydroxyl groups is 1. The molecule has 0 saturated carbocycles. The Hall–Kier alpha value is -4.86. The van der Waals surface area contributed by atoms with Crippen molar-refractivity contribution in [3.8, 4) is 5.75 Å². The standard InChI is InChI=1S/C35H46N8O7/c1-22(36-2)31(44)38-28-20-25-21-42(41-40-25)15-7-17-50-26-13-11-24(12-14-26)19-29(35(48)49)39-32(45)27(18-23-8-4-3-5-9-23)37-33(46)30-10-6-16-43(30)34(28)47/h3-5,8-9,11-14,21-22,27-30,34,36,47H,6-7,10,15-20H2,1-2H3,(H,37,46)(H,38,44)(H,39,45)(H,48,49)/t22-,27+,28+,29+,30+,34?/m1/s1. The van der Waals surface area contributed by atoms with Gasteiger partial charge in [0.2, 0.25) is 17.7 Å². The van der Waals surface area contributed by atoms with Crippen molar-refractivity contribution in [2.24, 2.45) is 0 Å². The molecule has 6 atom stereocenters. The number of carboxylic acid groups (broad SMARTS) is 1. The molecular formula is C35H46N8O7. The lowest BCUT2D eigenvalue weighted by Crippen LogP contribution is -2.60. The van der Waals surface area contributed by atoms with Crippen molar-refractivity contribution in [2.45, 2.75) is 88.4 Å². The van der Waals surface area contributed by atoms with E-state index >= 15 is 0 Å². The van der Waals surface area contributed by atoms with Crippen molar-refractivity contribution >= 4 is 23.7 Å². The number of aliphatic hydroxyl groups excluding tert-OH is 1. The fourth-order valence-electron chi connectivity index (χ4n) is 6.23. The molecule has 0 radical (unpaired) electrons. The average Bonchev–Trinajstić information content (AvgIpc) is 3.79. The molecule has 1 fully saturated rings. The third kappa shape index (κ3) is 9.64. The van der Waals surface area contributed by atoms with Crippen LogP contribution < -0.4 is 26.0 Å². The van der Waals surface area contributed by atoms with Crippen LogP contribution in [0.4, 0.5) is 0 Å². The van der Waals surface area contributed by atoms with Gasteiger partial charge in [0.25, 0.3) is 0 Å². The maximum atomic E-state index is 14.0. The first-order valence-corrected chi connectivity index (χ1v) is 17.0. The summed E-state index contributed by atoms with van der Waals surface area (Å²) in [5.41, 5.74) is 2.00. The predicted molar refractivity (Wildman–Crippen MR) is 182 cm³/mol. The topological polar surface area (TPSA) is 200 Å². The van der Waals surface area contributed by atoms with Crippen LogP contribution in [0.25, 0.3) is 0 Å². The molecule has 6 rings (SSSR count). The summed E-state index contributed by atoms with van der Waals surface area (Å²) in [6, 6.07) is 11.6. The van der Waals surface area contributed by atoms with Crippen LogP contribution in [0.2, 0.25) is 0 Å². The number of hydrogen-bond acceptors (Lipinski definition) is 10. The summed E-state index contributed by atoms with van der Waals surface area (Å²) in [6.45, 7) is 2.97. The average molecular weight is 691 g/mol. The molecule has 3 amide bonds. The third-order valence-corrected chi connectivity index (χ3v) is 9.16. The summed E-state index contributed by atoms with van der Waals surface area (Å²) in [5, 5.41) is 41.6. The van der Waals surface area contributed by atoms with E-state index in [0.29, 0.717) is 56.0 Å². The minimum absolute atomic E-state index is 0.0177. The number of hydrogen-bond donors (Lipinski definition) is 6. The summed E-state index contributed by atoms with van der Waals surface area (Å²) in [4.78, 5) is 54.7. The predicted octanol–water partition coefficient (Wildman–Crippen LogP) is 0.0182. The molecule has 0 aliphatic carbocycles. The van der Waals surface area contributed by atoms with E-state index in [1.807, 2.05) is 30.3 Å². The summed E-state index contributed by atoms with van der Waals surface area (Å²) in [6.07, 6.45) is 2.38. The highest BCUT2D eigenvalue weighted by molar-refractivity contribution is 5.92. The molecule has 4 heterocycles. The number of fused-ring (bicyclic) bond motifs is 13. The second kappa shape index (κ2) is 17.2. The normalized spacial score (nSPS) is 24.7. The van der Waals surface area contributed by atoms with Gasteiger partial charge < -0.3 is 36.2 Å². The lowest BCUT2D eigenvalue weighted by Gasteiger charge is -2.35. The van der Waals surface area contributed by atoms with Gasteiger partial charge in [-0.25, -0.2) is 4.79 Å². The van der Waals surface area contributed by atoms with Gasteiger partial charge in [-0.1, -0.05) is 47.7 Å². The van der Waals surface area contributed by atoms with E-state index < -0.39 is 54.2 Å². The van der Waals surface area contributed by atoms with Crippen LogP contribution in [0.15, 0.2) is 60.8 Å². The molecule has 3 aromatic rings. The van der Waals surface area contributed by atoms with Gasteiger partial charge in [-0.15, -0.1) is 5.10 Å². The summed E-state index contributed by atoms with van der Waals surface area (Å²) < 4.78 is 7.55. The van der Waals surface area contributed by atoms with Crippen molar-refractivity contribution in [1.29, 1.82) is 0 Å². The van der Waals surface area contributed by atoms with E-state index in [-0.39, 0.29) is 25.2 Å². The van der Waals surface area contributed by atoms with Crippen LogP contribution in [-0.2, 0) is 45.0 Å². The smallest absolute Gasteiger partial charge is 0.326 e. The van der Waals surface area contributed by atoms with Gasteiger partial charge in [0.15, 0.2) is 0 Å². The second-order valence-electron chi connectivity index (χ2n) is 12.8. The molecule has 4 bridgehead atoms. The number of carbonyl (C=O) groups excluding carboxylic acids is 3. The SMILES string of the molecule is CN[C@H](C)C(=O)N[C@H]1Cc2cn(nn2)CCCOc2ccc(cc2)C[C@@H](C(=O)O)NC(=O)[C@H](Cc2ccccc2)NC(=O)[C@@H]2CCCN2C1O. The molecule has 15 heteroatoms. The number of carbonyl (C=O) groups is 4. The number of aliphatic carboxylic acids is 1. The zero-order valence-electron chi connectivity index (χ0n) is 28.3. The molecule has 50 heavy (non-hydrogen) atoms. The number of ether oxygens (including phenoxy) is 1. The summed E-state index contributed by atoms with van der Waals surface area (Å²) in [7, 11) is 1.66. The van der Waals surface area contributed by atoms with Crippen LogP contribution in [0.1, 0.15) is 43.0 Å². The Balaban J connectivity index is 1.45. The van der Waals surface area contributed by atoms with Gasteiger partial charge in [-0.3, -0.25) is 24.0 Å². The molecule has 1 aromatic heterocycles. The lowest BCUT2D eigenvalue weighted by molar-refractivity contribution is -0.142. The molecule has 6 N–H and O–H groups in total. The molecule has 2 aromatic carbocycles. The minimum atomic E-state index is -1.27. The summed E-state index contributed by atoms with van der Waals surface area (Å²) >= 11 is 0. The first-order valence-electron chi connectivity index (χ1n) is 17.0. The number of rotatable bonds is 6. The highest BCUT2D eigenvalue weighted by Crippen LogP contribution is 2.23. The monoisotopic (exact) mass is 690 g/mol. The van der Waals surface area contributed by atoms with Gasteiger partial charge >= 0.3 is 5.97 Å². The molecule has 1 saturated heterocycles. The van der Waals surface area contributed by atoms with Crippen LogP contribution >= 0.6 is 0 Å². The Bertz CT molecular complexity index is 1600. The Morgan fingerprint density at radius 1 is 1.02 bits per heavy atom. The largest absolute Gasteiger partial charge is 0.494 e. The van der Waals surface area contributed by atoms with Crippen LogP contribution in [0, 0.1) is 0 Å². The fraction of sp³-hybridized carbons (Fsp3) is 0.486. The van der Waals surface area contributed by atoms with Gasteiger partial charge in [0.1, 0.15) is 24.1 Å². The minimum Gasteiger partial charge on any atom is -0.494 e. The highest BCUT2D eigenvalue weighted by atomic mass is 16.5. The number of likely N-dealkylation sites (N-methyl/N-ethyl adjacent to an activating group) is 1. The van der Waals surface area contributed by atoms with E-state index in [1.165, 1.54) is 0 Å². The second-order valence-corrected chi connectivity index (χ2v) is 12.8. The van der Waals surface area contributed by atoms with Gasteiger partial charge in [0.05, 0.1) is 30.4 Å². The van der Waals surface area contributed by atoms with E-state index in [1.54, 1.807) is 54.0 Å². The van der Waals surface area contributed by atoms with Crippen molar-refractivity contribution in [3.05, 3.63) is 77.6 Å². The van der Waals surface area contributed by atoms with Crippen molar-refractivity contribution in [2.75, 3.05) is 20.2 Å². The Morgan fingerprint density at radius 2 is 1.78 bits per heavy atom. The van der Waals surface area contributed by atoms with Crippen molar-refractivity contribution in [1.82, 2.24) is 41.2 Å². The number of nitrogens with one attached hydrogen (secondary N) is 4. The fourth-order valence-corrected chi connectivity index (χ4v) is 6.23. The van der Waals surface area contributed by atoms with Crippen molar-refractivity contribution < 1.29 is 34.1 Å². The molecule has 3 aliphatic heterocycles. The van der Waals surface area contributed by atoms with Gasteiger partial charge in [0, 0.05) is 45.0 Å². The van der Waals surface area contributed by atoms with Crippen LogP contribution in [0.3, 0.4) is 0 Å². The number of carboxylic acids is 1. The Morgan fingerprint density at radius 3 is 2.50 bits per heavy atom. The third-order valence-electron chi connectivity index (χ3n) is 9.16. The zero-order chi connectivity index (χ0) is 35.6. The van der Waals surface area contributed by atoms with E-state index in [4.69, 9.17) is 4.74 Å². The summed E-state index contributed by atoms with van der Waals surface area (Å²) in [5.74, 6) is -2.07. The van der Waals surface area contributed by atoms with Crippen molar-refractivity contribution in [3.63, 3.8) is 0 Å². The van der Waals surface area contributed by atoms with Crippen LogP contribution in [0.5, 0.6) is 5.75 Å². The maximum Gasteiger partial charge on any atom is 0.326 e. The first kappa shape index (κ1) is 36.4. The lowest BCUT2D eigenvalue weighted by atomic mass is 10.0. The Labute approximate surface area is 290 Å². The number of aromatic nitrogens is 3. The maximum absolute atomic E-state index is 14.0. The van der Waals surface area contributed by atoms with E-state index in [9.17, 15) is 29.4 Å². The van der Waals surface area contributed by atoms with Gasteiger partial charge in [-0.2, -0.15) is 0 Å².